The molecule has 3 heterocycles. The van der Waals surface area contributed by atoms with Crippen molar-refractivity contribution in [2.24, 2.45) is 14.1 Å². The highest BCUT2D eigenvalue weighted by atomic mass is 15.4. The molecule has 0 radical (unpaired) electrons. The Morgan fingerprint density at radius 1 is 1.09 bits per heavy atom. The number of hydrogen-bond donors (Lipinski definition) is 0. The van der Waals surface area contributed by atoms with Gasteiger partial charge in [0.05, 0.1) is 12.6 Å². The minimum atomic E-state index is 0.281. The molecule has 0 amide bonds. The van der Waals surface area contributed by atoms with E-state index in [1.807, 2.05) is 0 Å². The van der Waals surface area contributed by atoms with Gasteiger partial charge in [0, 0.05) is 46.4 Å². The van der Waals surface area contributed by atoms with Gasteiger partial charge in [0.15, 0.2) is 0 Å². The summed E-state index contributed by atoms with van der Waals surface area (Å²) in [5, 5.41) is 7.38. The number of fused-ring (bicyclic) bond motifs is 6. The highest BCUT2D eigenvalue weighted by Crippen LogP contribution is 2.41. The fraction of sp³-hybridized carbons (Fsp3) is 0.263. The number of benzene rings is 2. The van der Waals surface area contributed by atoms with Crippen LogP contribution in [-0.4, -0.2) is 14.3 Å². The predicted molar refractivity (Wildman–Crippen MR) is 91.4 cm³/mol. The SMILES string of the molecule is Cc1nn2c([n+]1C)-c1cc3c(cc1C2C)c1ccccc1n3C. The average molecular weight is 303 g/mol. The number of rotatable bonds is 0. The summed E-state index contributed by atoms with van der Waals surface area (Å²) in [6.07, 6.45) is 0. The summed E-state index contributed by atoms with van der Waals surface area (Å²) in [6.45, 7) is 4.30. The summed E-state index contributed by atoms with van der Waals surface area (Å²) >= 11 is 0. The Morgan fingerprint density at radius 3 is 2.70 bits per heavy atom. The van der Waals surface area contributed by atoms with E-state index in [0.29, 0.717) is 0 Å². The summed E-state index contributed by atoms with van der Waals surface area (Å²) < 4.78 is 6.64. The zero-order valence-electron chi connectivity index (χ0n) is 13.8. The lowest BCUT2D eigenvalue weighted by molar-refractivity contribution is -0.667. The molecule has 0 saturated carbocycles. The van der Waals surface area contributed by atoms with E-state index in [2.05, 4.69) is 78.2 Å². The predicted octanol–water partition coefficient (Wildman–Crippen LogP) is 3.25. The Labute approximate surface area is 134 Å². The molecule has 1 aliphatic rings. The third-order valence-electron chi connectivity index (χ3n) is 5.42. The van der Waals surface area contributed by atoms with Crippen LogP contribution in [0.25, 0.3) is 33.2 Å². The van der Waals surface area contributed by atoms with E-state index in [-0.39, 0.29) is 6.04 Å². The topological polar surface area (TPSA) is 26.6 Å². The van der Waals surface area contributed by atoms with Gasteiger partial charge in [-0.1, -0.05) is 18.2 Å². The van der Waals surface area contributed by atoms with E-state index in [0.717, 1.165) is 5.82 Å². The molecular formula is C19H19N4+. The van der Waals surface area contributed by atoms with Gasteiger partial charge in [-0.2, -0.15) is 0 Å². The van der Waals surface area contributed by atoms with Gasteiger partial charge in [0.25, 0.3) is 11.6 Å². The lowest BCUT2D eigenvalue weighted by Gasteiger charge is -2.04. The zero-order valence-corrected chi connectivity index (χ0v) is 13.8. The van der Waals surface area contributed by atoms with E-state index >= 15 is 0 Å². The average Bonchev–Trinajstić information content (AvgIpc) is 3.11. The molecule has 4 aromatic rings. The lowest BCUT2D eigenvalue weighted by atomic mass is 10.0. The summed E-state index contributed by atoms with van der Waals surface area (Å²) in [6, 6.07) is 13.6. The van der Waals surface area contributed by atoms with Crippen molar-refractivity contribution in [1.82, 2.24) is 14.3 Å². The summed E-state index contributed by atoms with van der Waals surface area (Å²) in [5.74, 6) is 2.26. The van der Waals surface area contributed by atoms with Gasteiger partial charge < -0.3 is 4.57 Å². The van der Waals surface area contributed by atoms with Crippen LogP contribution in [0.1, 0.15) is 24.4 Å². The van der Waals surface area contributed by atoms with Crippen LogP contribution < -0.4 is 4.57 Å². The van der Waals surface area contributed by atoms with Gasteiger partial charge >= 0.3 is 0 Å². The summed E-state index contributed by atoms with van der Waals surface area (Å²) in [4.78, 5) is 0. The minimum Gasteiger partial charge on any atom is -0.344 e. The van der Waals surface area contributed by atoms with Crippen LogP contribution in [0.2, 0.25) is 0 Å². The fourth-order valence-corrected chi connectivity index (χ4v) is 4.04. The van der Waals surface area contributed by atoms with Crippen LogP contribution in [0.3, 0.4) is 0 Å². The summed E-state index contributed by atoms with van der Waals surface area (Å²) in [5.41, 5.74) is 5.24. The third kappa shape index (κ3) is 1.41. The number of para-hydroxylation sites is 1. The first-order valence-electron chi connectivity index (χ1n) is 8.04. The van der Waals surface area contributed by atoms with Crippen molar-refractivity contribution in [2.45, 2.75) is 19.9 Å². The monoisotopic (exact) mass is 303 g/mol. The first-order valence-corrected chi connectivity index (χ1v) is 8.04. The summed E-state index contributed by atoms with van der Waals surface area (Å²) in [7, 11) is 4.25. The van der Waals surface area contributed by atoms with Crippen LogP contribution in [-0.2, 0) is 14.1 Å². The molecule has 0 bridgehead atoms. The molecule has 4 nitrogen and oxygen atoms in total. The third-order valence-corrected chi connectivity index (χ3v) is 5.42. The van der Waals surface area contributed by atoms with Crippen molar-refractivity contribution < 1.29 is 4.57 Å². The van der Waals surface area contributed by atoms with Gasteiger partial charge in [-0.15, -0.1) is 4.68 Å². The minimum absolute atomic E-state index is 0.281. The van der Waals surface area contributed by atoms with Crippen LogP contribution in [0, 0.1) is 6.92 Å². The van der Waals surface area contributed by atoms with Gasteiger partial charge in [0.1, 0.15) is 6.04 Å². The van der Waals surface area contributed by atoms with E-state index in [1.165, 1.54) is 38.8 Å². The van der Waals surface area contributed by atoms with Gasteiger partial charge in [0.2, 0.25) is 0 Å². The second kappa shape index (κ2) is 4.02. The number of aryl methyl sites for hydroxylation is 2. The molecule has 1 aliphatic heterocycles. The Bertz CT molecular complexity index is 1110. The molecule has 0 N–H and O–H groups in total. The molecule has 0 fully saturated rings. The highest BCUT2D eigenvalue weighted by Gasteiger charge is 2.37. The number of nitrogens with zero attached hydrogens (tertiary/aromatic N) is 4. The standard InChI is InChI=1S/C19H19N4/c1-11-14-9-15-13-7-5-6-8-17(13)22(4)18(15)10-16(14)19-21(3)12(2)20-23(11)19/h5-11H,1-4H3/q+1. The van der Waals surface area contributed by atoms with Crippen molar-refractivity contribution in [3.05, 3.63) is 47.8 Å². The first-order chi connectivity index (χ1) is 11.1. The first kappa shape index (κ1) is 12.9. The molecule has 4 heteroatoms. The van der Waals surface area contributed by atoms with E-state index < -0.39 is 0 Å². The Morgan fingerprint density at radius 2 is 1.87 bits per heavy atom. The number of aromatic nitrogens is 4. The molecular weight excluding hydrogens is 284 g/mol. The van der Waals surface area contributed by atoms with Gasteiger partial charge in [-0.3, -0.25) is 0 Å². The van der Waals surface area contributed by atoms with Crippen LogP contribution in [0.15, 0.2) is 36.4 Å². The molecule has 2 aromatic carbocycles. The van der Waals surface area contributed by atoms with Crippen molar-refractivity contribution in [3.8, 4) is 11.4 Å². The molecule has 2 aromatic heterocycles. The highest BCUT2D eigenvalue weighted by molar-refractivity contribution is 6.09. The van der Waals surface area contributed by atoms with E-state index in [1.54, 1.807) is 0 Å². The van der Waals surface area contributed by atoms with Crippen LogP contribution in [0.4, 0.5) is 0 Å². The Hall–Kier alpha value is -2.62. The smallest absolute Gasteiger partial charge is 0.274 e. The zero-order chi connectivity index (χ0) is 15.9. The maximum absolute atomic E-state index is 4.72. The fourth-order valence-electron chi connectivity index (χ4n) is 4.04. The Kier molecular flexibility index (Phi) is 2.25. The molecule has 0 spiro atoms. The van der Waals surface area contributed by atoms with Crippen molar-refractivity contribution in [2.75, 3.05) is 0 Å². The van der Waals surface area contributed by atoms with Crippen LogP contribution >= 0.6 is 0 Å². The maximum atomic E-state index is 4.72. The van der Waals surface area contributed by atoms with Crippen molar-refractivity contribution >= 4 is 21.8 Å². The normalized spacial score (nSPS) is 16.3. The van der Waals surface area contributed by atoms with Gasteiger partial charge in [-0.25, -0.2) is 4.57 Å². The maximum Gasteiger partial charge on any atom is 0.274 e. The van der Waals surface area contributed by atoms with E-state index in [9.17, 15) is 0 Å². The molecule has 114 valence electrons. The molecule has 0 aliphatic carbocycles. The molecule has 1 unspecified atom stereocenters. The van der Waals surface area contributed by atoms with E-state index in [4.69, 9.17) is 5.10 Å². The quantitative estimate of drug-likeness (QED) is 0.458. The van der Waals surface area contributed by atoms with Crippen molar-refractivity contribution in [1.29, 1.82) is 0 Å². The Balaban J connectivity index is 1.95. The largest absolute Gasteiger partial charge is 0.344 e. The molecule has 0 saturated heterocycles. The van der Waals surface area contributed by atoms with Gasteiger partial charge in [-0.05, 0) is 25.1 Å². The van der Waals surface area contributed by atoms with Crippen LogP contribution in [0.5, 0.6) is 0 Å². The molecule has 5 rings (SSSR count). The number of hydrogen-bond acceptors (Lipinski definition) is 1. The molecule has 1 atom stereocenters. The van der Waals surface area contributed by atoms with Crippen molar-refractivity contribution in [3.63, 3.8) is 0 Å². The second-order valence-electron chi connectivity index (χ2n) is 6.58. The molecule has 23 heavy (non-hydrogen) atoms. The second-order valence-corrected chi connectivity index (χ2v) is 6.58. The lowest BCUT2D eigenvalue weighted by Crippen LogP contribution is -2.31.